The van der Waals surface area contributed by atoms with Crippen molar-refractivity contribution >= 4 is 11.3 Å². The maximum absolute atomic E-state index is 5.41. The van der Waals surface area contributed by atoms with Crippen molar-refractivity contribution in [3.8, 4) is 21.9 Å². The third-order valence-corrected chi connectivity index (χ3v) is 3.50. The Bertz CT molecular complexity index is 576. The van der Waals surface area contributed by atoms with Crippen LogP contribution >= 0.6 is 11.3 Å². The molecular formula is C13H11NOS. The van der Waals surface area contributed by atoms with Crippen LogP contribution in [-0.2, 0) is 7.05 Å². The van der Waals surface area contributed by atoms with Gasteiger partial charge >= 0.3 is 0 Å². The molecule has 0 spiro atoms. The van der Waals surface area contributed by atoms with Crippen molar-refractivity contribution in [3.05, 3.63) is 48.2 Å². The molecule has 3 rings (SSSR count). The highest BCUT2D eigenvalue weighted by Crippen LogP contribution is 2.30. The topological polar surface area (TPSA) is 18.1 Å². The zero-order valence-corrected chi connectivity index (χ0v) is 9.70. The molecule has 3 aromatic rings. The Morgan fingerprint density at radius 2 is 2.19 bits per heavy atom. The zero-order chi connectivity index (χ0) is 11.0. The van der Waals surface area contributed by atoms with Gasteiger partial charge in [0, 0.05) is 23.7 Å². The van der Waals surface area contributed by atoms with E-state index in [1.54, 1.807) is 17.6 Å². The van der Waals surface area contributed by atoms with Gasteiger partial charge in [-0.05, 0) is 29.6 Å². The molecular weight excluding hydrogens is 218 g/mol. The first kappa shape index (κ1) is 9.48. The van der Waals surface area contributed by atoms with Crippen LogP contribution < -0.4 is 0 Å². The van der Waals surface area contributed by atoms with Crippen LogP contribution in [-0.4, -0.2) is 4.57 Å². The third kappa shape index (κ3) is 1.49. The fourth-order valence-corrected chi connectivity index (χ4v) is 2.52. The van der Waals surface area contributed by atoms with Gasteiger partial charge in [-0.15, -0.1) is 11.3 Å². The summed E-state index contributed by atoms with van der Waals surface area (Å²) in [6.07, 6.45) is 3.83. The van der Waals surface area contributed by atoms with E-state index in [0.29, 0.717) is 0 Å². The average molecular weight is 229 g/mol. The predicted octanol–water partition coefficient (Wildman–Crippen LogP) is 4.01. The van der Waals surface area contributed by atoms with E-state index < -0.39 is 0 Å². The minimum absolute atomic E-state index is 0.908. The predicted molar refractivity (Wildman–Crippen MR) is 66.4 cm³/mol. The quantitative estimate of drug-likeness (QED) is 0.649. The van der Waals surface area contributed by atoms with Crippen molar-refractivity contribution < 1.29 is 4.42 Å². The Morgan fingerprint density at radius 3 is 2.88 bits per heavy atom. The summed E-state index contributed by atoms with van der Waals surface area (Å²) in [5.41, 5.74) is 2.34. The molecule has 0 aromatic carbocycles. The number of nitrogens with zero attached hydrogens (tertiary/aromatic N) is 1. The van der Waals surface area contributed by atoms with E-state index in [1.807, 2.05) is 19.2 Å². The van der Waals surface area contributed by atoms with Crippen molar-refractivity contribution in [2.75, 3.05) is 0 Å². The van der Waals surface area contributed by atoms with Crippen molar-refractivity contribution in [2.24, 2.45) is 7.05 Å². The molecule has 0 unspecified atom stereocenters. The summed E-state index contributed by atoms with van der Waals surface area (Å²) < 4.78 is 7.50. The van der Waals surface area contributed by atoms with Gasteiger partial charge in [0.25, 0.3) is 0 Å². The number of hydrogen-bond donors (Lipinski definition) is 0. The van der Waals surface area contributed by atoms with E-state index in [0.717, 1.165) is 11.5 Å². The van der Waals surface area contributed by atoms with Crippen molar-refractivity contribution in [1.82, 2.24) is 4.57 Å². The minimum atomic E-state index is 0.908. The van der Waals surface area contributed by atoms with Gasteiger partial charge in [-0.3, -0.25) is 0 Å². The lowest BCUT2D eigenvalue weighted by atomic mass is 10.2. The van der Waals surface area contributed by atoms with Crippen molar-refractivity contribution in [3.63, 3.8) is 0 Å². The summed E-state index contributed by atoms with van der Waals surface area (Å²) in [5, 5.41) is 2.09. The van der Waals surface area contributed by atoms with Gasteiger partial charge in [0.1, 0.15) is 5.76 Å². The lowest BCUT2D eigenvalue weighted by Crippen LogP contribution is -1.86. The van der Waals surface area contributed by atoms with Crippen LogP contribution in [0.1, 0.15) is 0 Å². The molecule has 0 saturated carbocycles. The van der Waals surface area contributed by atoms with E-state index in [9.17, 15) is 0 Å². The number of aromatic nitrogens is 1. The fourth-order valence-electron chi connectivity index (χ4n) is 1.81. The van der Waals surface area contributed by atoms with Gasteiger partial charge < -0.3 is 8.98 Å². The van der Waals surface area contributed by atoms with Crippen molar-refractivity contribution in [1.29, 1.82) is 0 Å². The summed E-state index contributed by atoms with van der Waals surface area (Å²) in [7, 11) is 2.04. The molecule has 0 N–H and O–H groups in total. The Balaban J connectivity index is 2.09. The van der Waals surface area contributed by atoms with Crippen LogP contribution in [0.2, 0.25) is 0 Å². The maximum atomic E-state index is 5.41. The SMILES string of the molecule is Cn1cc(-c2cccs2)cc1-c1ccco1. The molecule has 16 heavy (non-hydrogen) atoms. The molecule has 0 saturated heterocycles. The molecule has 0 bridgehead atoms. The number of thiophene rings is 1. The molecule has 0 aliphatic heterocycles. The average Bonchev–Trinajstić information content (AvgIpc) is 2.97. The van der Waals surface area contributed by atoms with Crippen LogP contribution in [0.15, 0.2) is 52.6 Å². The van der Waals surface area contributed by atoms with E-state index in [4.69, 9.17) is 4.42 Å². The molecule has 0 atom stereocenters. The van der Waals surface area contributed by atoms with Crippen LogP contribution in [0.4, 0.5) is 0 Å². The molecule has 0 aliphatic rings. The van der Waals surface area contributed by atoms with Gasteiger partial charge in [0.05, 0.1) is 12.0 Å². The highest BCUT2D eigenvalue weighted by molar-refractivity contribution is 7.13. The number of hydrogen-bond acceptors (Lipinski definition) is 2. The molecule has 0 aliphatic carbocycles. The molecule has 2 nitrogen and oxygen atoms in total. The second-order valence-corrected chi connectivity index (χ2v) is 4.63. The van der Waals surface area contributed by atoms with Gasteiger partial charge in [0.2, 0.25) is 0 Å². The molecule has 0 amide bonds. The summed E-state index contributed by atoms with van der Waals surface area (Å²) in [6, 6.07) is 10.2. The molecule has 0 radical (unpaired) electrons. The minimum Gasteiger partial charge on any atom is -0.463 e. The third-order valence-electron chi connectivity index (χ3n) is 2.58. The standard InChI is InChI=1S/C13H11NOS/c1-14-9-10(13-5-3-7-16-13)8-11(14)12-4-2-6-15-12/h2-9H,1H3. The van der Waals surface area contributed by atoms with E-state index >= 15 is 0 Å². The molecule has 3 aromatic heterocycles. The summed E-state index contributed by atoms with van der Waals surface area (Å²) >= 11 is 1.75. The summed E-state index contributed by atoms with van der Waals surface area (Å²) in [6.45, 7) is 0. The highest BCUT2D eigenvalue weighted by Gasteiger charge is 2.09. The molecule has 3 heteroatoms. The lowest BCUT2D eigenvalue weighted by molar-refractivity contribution is 0.577. The summed E-state index contributed by atoms with van der Waals surface area (Å²) in [5.74, 6) is 0.908. The first-order valence-electron chi connectivity index (χ1n) is 5.09. The smallest absolute Gasteiger partial charge is 0.150 e. The Kier molecular flexibility index (Phi) is 2.18. The van der Waals surface area contributed by atoms with Gasteiger partial charge in [-0.25, -0.2) is 0 Å². The molecule has 80 valence electrons. The van der Waals surface area contributed by atoms with Crippen LogP contribution in [0.3, 0.4) is 0 Å². The second-order valence-electron chi connectivity index (χ2n) is 3.68. The Labute approximate surface area is 97.8 Å². The monoisotopic (exact) mass is 229 g/mol. The normalized spacial score (nSPS) is 10.8. The zero-order valence-electron chi connectivity index (χ0n) is 8.88. The Hall–Kier alpha value is -1.74. The number of furan rings is 1. The van der Waals surface area contributed by atoms with E-state index in [2.05, 4.69) is 34.3 Å². The van der Waals surface area contributed by atoms with Crippen LogP contribution in [0.5, 0.6) is 0 Å². The first-order chi connectivity index (χ1) is 7.84. The largest absolute Gasteiger partial charge is 0.463 e. The van der Waals surface area contributed by atoms with E-state index in [-0.39, 0.29) is 0 Å². The number of rotatable bonds is 2. The van der Waals surface area contributed by atoms with Gasteiger partial charge in [0.15, 0.2) is 0 Å². The molecule has 3 heterocycles. The van der Waals surface area contributed by atoms with Crippen LogP contribution in [0, 0.1) is 0 Å². The second kappa shape index (κ2) is 3.68. The fraction of sp³-hybridized carbons (Fsp3) is 0.0769. The lowest BCUT2D eigenvalue weighted by Gasteiger charge is -1.96. The maximum Gasteiger partial charge on any atom is 0.150 e. The molecule has 0 fully saturated rings. The van der Waals surface area contributed by atoms with Crippen LogP contribution in [0.25, 0.3) is 21.9 Å². The van der Waals surface area contributed by atoms with E-state index in [1.165, 1.54) is 10.4 Å². The first-order valence-corrected chi connectivity index (χ1v) is 5.97. The summed E-state index contributed by atoms with van der Waals surface area (Å²) in [4.78, 5) is 1.29. The number of aryl methyl sites for hydroxylation is 1. The van der Waals surface area contributed by atoms with Gasteiger partial charge in [-0.2, -0.15) is 0 Å². The van der Waals surface area contributed by atoms with Crippen molar-refractivity contribution in [2.45, 2.75) is 0 Å². The van der Waals surface area contributed by atoms with Gasteiger partial charge in [-0.1, -0.05) is 6.07 Å². The highest BCUT2D eigenvalue weighted by atomic mass is 32.1. The Morgan fingerprint density at radius 1 is 1.25 bits per heavy atom.